The smallest absolute Gasteiger partial charge is 0.00670 e. The van der Waals surface area contributed by atoms with Crippen molar-refractivity contribution in [2.24, 2.45) is 0 Å². The molecular formula is C15H32ClN. The van der Waals surface area contributed by atoms with E-state index in [0.29, 0.717) is 0 Å². The molecule has 1 aliphatic rings. The molecule has 0 amide bonds. The van der Waals surface area contributed by atoms with Gasteiger partial charge in [-0.3, -0.25) is 0 Å². The van der Waals surface area contributed by atoms with Crippen LogP contribution in [0.1, 0.15) is 84.0 Å². The van der Waals surface area contributed by atoms with Crippen LogP contribution in [0.3, 0.4) is 0 Å². The van der Waals surface area contributed by atoms with Crippen molar-refractivity contribution < 1.29 is 0 Å². The van der Waals surface area contributed by atoms with Crippen molar-refractivity contribution in [2.45, 2.75) is 90.0 Å². The molecule has 104 valence electrons. The molecule has 1 atom stereocenters. The average molecular weight is 262 g/mol. The Kier molecular flexibility index (Phi) is 12.9. The quantitative estimate of drug-likeness (QED) is 0.571. The maximum Gasteiger partial charge on any atom is 0.00670 e. The number of rotatable bonds is 9. The molecule has 1 unspecified atom stereocenters. The number of hydrogen-bond donors (Lipinski definition) is 1. The Morgan fingerprint density at radius 2 is 1.53 bits per heavy atom. The normalized spacial score (nSPS) is 19.9. The zero-order chi connectivity index (χ0) is 11.5. The summed E-state index contributed by atoms with van der Waals surface area (Å²) in [5, 5.41) is 3.64. The van der Waals surface area contributed by atoms with Crippen molar-refractivity contribution in [3.05, 3.63) is 0 Å². The first-order valence-electron chi connectivity index (χ1n) is 7.67. The van der Waals surface area contributed by atoms with Crippen LogP contribution >= 0.6 is 12.4 Å². The van der Waals surface area contributed by atoms with Crippen LogP contribution in [0.15, 0.2) is 0 Å². The zero-order valence-electron chi connectivity index (χ0n) is 11.7. The number of hydrogen-bond acceptors (Lipinski definition) is 1. The number of unbranched alkanes of at least 4 members (excludes halogenated alkanes) is 7. The van der Waals surface area contributed by atoms with Gasteiger partial charge < -0.3 is 5.32 Å². The predicted octanol–water partition coefficient (Wildman–Crippen LogP) is 5.08. The minimum atomic E-state index is 0. The second-order valence-corrected chi connectivity index (χ2v) is 5.41. The van der Waals surface area contributed by atoms with Crippen LogP contribution in [0.2, 0.25) is 0 Å². The van der Waals surface area contributed by atoms with Gasteiger partial charge in [-0.1, -0.05) is 64.7 Å². The van der Waals surface area contributed by atoms with Crippen LogP contribution in [-0.2, 0) is 0 Å². The van der Waals surface area contributed by atoms with Crippen molar-refractivity contribution in [3.63, 3.8) is 0 Å². The minimum absolute atomic E-state index is 0. The summed E-state index contributed by atoms with van der Waals surface area (Å²) in [4.78, 5) is 0. The van der Waals surface area contributed by atoms with Crippen molar-refractivity contribution in [3.8, 4) is 0 Å². The molecule has 1 rings (SSSR count). The summed E-state index contributed by atoms with van der Waals surface area (Å²) in [5.74, 6) is 0. The van der Waals surface area contributed by atoms with Crippen LogP contribution in [0.25, 0.3) is 0 Å². The van der Waals surface area contributed by atoms with E-state index in [1.165, 1.54) is 83.6 Å². The van der Waals surface area contributed by atoms with E-state index in [2.05, 4.69) is 12.2 Å². The van der Waals surface area contributed by atoms with Crippen LogP contribution in [0.4, 0.5) is 0 Å². The van der Waals surface area contributed by atoms with Crippen molar-refractivity contribution in [1.82, 2.24) is 5.32 Å². The highest BCUT2D eigenvalue weighted by atomic mass is 35.5. The molecule has 1 heterocycles. The third-order valence-electron chi connectivity index (χ3n) is 3.82. The lowest BCUT2D eigenvalue weighted by Crippen LogP contribution is -2.33. The molecule has 1 fully saturated rings. The molecule has 17 heavy (non-hydrogen) atoms. The highest BCUT2D eigenvalue weighted by Crippen LogP contribution is 2.15. The summed E-state index contributed by atoms with van der Waals surface area (Å²) in [7, 11) is 0. The topological polar surface area (TPSA) is 12.0 Å². The minimum Gasteiger partial charge on any atom is -0.314 e. The lowest BCUT2D eigenvalue weighted by Gasteiger charge is -2.23. The largest absolute Gasteiger partial charge is 0.314 e. The third-order valence-corrected chi connectivity index (χ3v) is 3.82. The highest BCUT2D eigenvalue weighted by Gasteiger charge is 2.10. The van der Waals surface area contributed by atoms with E-state index in [0.717, 1.165) is 6.04 Å². The second kappa shape index (κ2) is 12.7. The van der Waals surface area contributed by atoms with Crippen LogP contribution in [-0.4, -0.2) is 12.6 Å². The van der Waals surface area contributed by atoms with Gasteiger partial charge in [-0.05, 0) is 25.8 Å². The second-order valence-electron chi connectivity index (χ2n) is 5.41. The van der Waals surface area contributed by atoms with Gasteiger partial charge in [-0.2, -0.15) is 0 Å². The molecule has 1 N–H and O–H groups in total. The number of nitrogens with one attached hydrogen (secondary N) is 1. The van der Waals surface area contributed by atoms with Gasteiger partial charge in [0.15, 0.2) is 0 Å². The van der Waals surface area contributed by atoms with Gasteiger partial charge in [0.1, 0.15) is 0 Å². The zero-order valence-corrected chi connectivity index (χ0v) is 12.5. The van der Waals surface area contributed by atoms with E-state index < -0.39 is 0 Å². The lowest BCUT2D eigenvalue weighted by atomic mass is 9.98. The van der Waals surface area contributed by atoms with E-state index in [4.69, 9.17) is 0 Å². The van der Waals surface area contributed by atoms with E-state index >= 15 is 0 Å². The molecule has 0 aromatic rings. The summed E-state index contributed by atoms with van der Waals surface area (Å²) in [6.07, 6.45) is 17.3. The summed E-state index contributed by atoms with van der Waals surface area (Å²) < 4.78 is 0. The summed E-state index contributed by atoms with van der Waals surface area (Å²) in [6.45, 7) is 3.55. The maximum absolute atomic E-state index is 3.64. The Bertz CT molecular complexity index is 144. The molecule has 0 aliphatic carbocycles. The first-order valence-corrected chi connectivity index (χ1v) is 7.67. The van der Waals surface area contributed by atoms with Gasteiger partial charge >= 0.3 is 0 Å². The Morgan fingerprint density at radius 1 is 0.882 bits per heavy atom. The van der Waals surface area contributed by atoms with Crippen molar-refractivity contribution >= 4 is 12.4 Å². The first-order chi connectivity index (χ1) is 7.93. The van der Waals surface area contributed by atoms with Gasteiger partial charge in [0, 0.05) is 6.04 Å². The monoisotopic (exact) mass is 261 g/mol. The van der Waals surface area contributed by atoms with Gasteiger partial charge in [-0.25, -0.2) is 0 Å². The Morgan fingerprint density at radius 3 is 2.12 bits per heavy atom. The van der Waals surface area contributed by atoms with Gasteiger partial charge in [-0.15, -0.1) is 12.4 Å². The molecule has 1 aliphatic heterocycles. The summed E-state index contributed by atoms with van der Waals surface area (Å²) in [5.41, 5.74) is 0. The third kappa shape index (κ3) is 9.91. The SMILES string of the molecule is CCCCCCCCCCC1CCCCN1.Cl. The van der Waals surface area contributed by atoms with E-state index in [9.17, 15) is 0 Å². The first kappa shape index (κ1) is 17.2. The van der Waals surface area contributed by atoms with Gasteiger partial charge in [0.2, 0.25) is 0 Å². The van der Waals surface area contributed by atoms with Crippen LogP contribution in [0.5, 0.6) is 0 Å². The van der Waals surface area contributed by atoms with Gasteiger partial charge in [0.25, 0.3) is 0 Å². The molecule has 0 bridgehead atoms. The summed E-state index contributed by atoms with van der Waals surface area (Å²) >= 11 is 0. The number of piperidine rings is 1. The molecule has 0 spiro atoms. The molecule has 1 nitrogen and oxygen atoms in total. The van der Waals surface area contributed by atoms with Crippen molar-refractivity contribution in [1.29, 1.82) is 0 Å². The maximum atomic E-state index is 3.64. The molecule has 0 radical (unpaired) electrons. The molecular weight excluding hydrogens is 230 g/mol. The highest BCUT2D eigenvalue weighted by molar-refractivity contribution is 5.85. The Hall–Kier alpha value is 0.250. The molecule has 0 aromatic heterocycles. The van der Waals surface area contributed by atoms with E-state index in [-0.39, 0.29) is 12.4 Å². The average Bonchev–Trinajstić information content (AvgIpc) is 2.34. The van der Waals surface area contributed by atoms with Crippen molar-refractivity contribution in [2.75, 3.05) is 6.54 Å². The molecule has 0 saturated carbocycles. The fourth-order valence-corrected chi connectivity index (χ4v) is 2.70. The fraction of sp³-hybridized carbons (Fsp3) is 1.00. The standard InChI is InChI=1S/C15H31N.ClH/c1-2-3-4-5-6-7-8-9-12-15-13-10-11-14-16-15;/h15-16H,2-14H2,1H3;1H. The molecule has 1 saturated heterocycles. The molecule has 0 aromatic carbocycles. The molecule has 2 heteroatoms. The van der Waals surface area contributed by atoms with Gasteiger partial charge in [0.05, 0.1) is 0 Å². The van der Waals surface area contributed by atoms with E-state index in [1.54, 1.807) is 0 Å². The lowest BCUT2D eigenvalue weighted by molar-refractivity contribution is 0.370. The van der Waals surface area contributed by atoms with Crippen LogP contribution in [0, 0.1) is 0 Å². The predicted molar refractivity (Wildman–Crippen MR) is 80.1 cm³/mol. The van der Waals surface area contributed by atoms with E-state index in [1.807, 2.05) is 0 Å². The number of halogens is 1. The van der Waals surface area contributed by atoms with Crippen LogP contribution < -0.4 is 5.32 Å². The Balaban J connectivity index is 0.00000256. The summed E-state index contributed by atoms with van der Waals surface area (Å²) in [6, 6.07) is 0.855. The fourth-order valence-electron chi connectivity index (χ4n) is 2.70. The Labute approximate surface area is 115 Å².